The lowest BCUT2D eigenvalue weighted by Gasteiger charge is -2.36. The van der Waals surface area contributed by atoms with Crippen molar-refractivity contribution in [3.05, 3.63) is 58.2 Å². The standard InChI is InChI=1S/C31H47NO6/c1-22(11-7-13-24(3)29(37)32-31(19-33,20-34)21-35)9-6-10-23(2)12-8-15-30(5)16-14-26-18-27(36)17-25(4)28(26)38-30/h9,12-13,17-18,33-36H,6-8,10-11,14-16,19-21H2,1-5H3,(H,32,37)/b22-9+,23-12+,24-13+. The van der Waals surface area contributed by atoms with Gasteiger partial charge in [-0.2, -0.15) is 0 Å². The number of aliphatic hydroxyl groups is 3. The number of phenols is 1. The van der Waals surface area contributed by atoms with E-state index in [1.807, 2.05) is 19.1 Å². The van der Waals surface area contributed by atoms with E-state index >= 15 is 0 Å². The summed E-state index contributed by atoms with van der Waals surface area (Å²) in [5.74, 6) is 0.825. The first-order chi connectivity index (χ1) is 18.0. The maximum Gasteiger partial charge on any atom is 0.247 e. The van der Waals surface area contributed by atoms with E-state index in [4.69, 9.17) is 4.74 Å². The Hall–Kier alpha value is -2.61. The number of hydrogen-bond acceptors (Lipinski definition) is 6. The zero-order valence-electron chi connectivity index (χ0n) is 23.8. The van der Waals surface area contributed by atoms with E-state index in [9.17, 15) is 25.2 Å². The first-order valence-corrected chi connectivity index (χ1v) is 13.6. The number of nitrogens with one attached hydrogen (secondary N) is 1. The van der Waals surface area contributed by atoms with Gasteiger partial charge in [0.25, 0.3) is 0 Å². The summed E-state index contributed by atoms with van der Waals surface area (Å²) in [5.41, 5.74) is 3.59. The van der Waals surface area contributed by atoms with Crippen LogP contribution in [0.4, 0.5) is 0 Å². The number of aryl methyl sites for hydroxylation is 2. The molecule has 38 heavy (non-hydrogen) atoms. The topological polar surface area (TPSA) is 119 Å². The number of amides is 1. The lowest BCUT2D eigenvalue weighted by atomic mass is 9.87. The first-order valence-electron chi connectivity index (χ1n) is 13.6. The maximum absolute atomic E-state index is 12.3. The third kappa shape index (κ3) is 9.29. The Morgan fingerprint density at radius 3 is 2.18 bits per heavy atom. The van der Waals surface area contributed by atoms with Crippen LogP contribution in [-0.4, -0.2) is 57.3 Å². The van der Waals surface area contributed by atoms with Crippen LogP contribution in [0.1, 0.15) is 83.8 Å². The summed E-state index contributed by atoms with van der Waals surface area (Å²) in [4.78, 5) is 12.3. The van der Waals surface area contributed by atoms with Crippen LogP contribution < -0.4 is 10.1 Å². The number of rotatable bonds is 14. The van der Waals surface area contributed by atoms with E-state index in [0.717, 1.165) is 61.8 Å². The van der Waals surface area contributed by atoms with Crippen LogP contribution in [-0.2, 0) is 11.2 Å². The van der Waals surface area contributed by atoms with Crippen LogP contribution >= 0.6 is 0 Å². The molecule has 1 heterocycles. The summed E-state index contributed by atoms with van der Waals surface area (Å²) in [7, 11) is 0. The minimum absolute atomic E-state index is 0.194. The molecule has 0 bridgehead atoms. The van der Waals surface area contributed by atoms with Crippen LogP contribution in [0.15, 0.2) is 47.1 Å². The highest BCUT2D eigenvalue weighted by molar-refractivity contribution is 5.93. The fourth-order valence-corrected chi connectivity index (χ4v) is 4.62. The molecule has 212 valence electrons. The Kier molecular flexibility index (Phi) is 12.1. The van der Waals surface area contributed by atoms with Gasteiger partial charge in [-0.25, -0.2) is 0 Å². The second-order valence-corrected chi connectivity index (χ2v) is 11.1. The molecule has 1 aromatic carbocycles. The van der Waals surface area contributed by atoms with Gasteiger partial charge in [-0.15, -0.1) is 0 Å². The van der Waals surface area contributed by atoms with Gasteiger partial charge in [-0.05, 0) is 109 Å². The van der Waals surface area contributed by atoms with Crippen molar-refractivity contribution in [2.24, 2.45) is 0 Å². The van der Waals surface area contributed by atoms with E-state index in [0.29, 0.717) is 17.7 Å². The number of aliphatic hydroxyl groups excluding tert-OH is 3. The van der Waals surface area contributed by atoms with Crippen molar-refractivity contribution in [2.75, 3.05) is 19.8 Å². The van der Waals surface area contributed by atoms with Gasteiger partial charge in [-0.1, -0.05) is 29.4 Å². The van der Waals surface area contributed by atoms with Gasteiger partial charge in [-0.3, -0.25) is 4.79 Å². The van der Waals surface area contributed by atoms with Crippen molar-refractivity contribution in [1.82, 2.24) is 5.32 Å². The van der Waals surface area contributed by atoms with Crippen LogP contribution in [0.25, 0.3) is 0 Å². The second kappa shape index (κ2) is 14.5. The monoisotopic (exact) mass is 529 g/mol. The molecule has 1 aliphatic heterocycles. The van der Waals surface area contributed by atoms with Crippen LogP contribution in [0.2, 0.25) is 0 Å². The van der Waals surface area contributed by atoms with E-state index < -0.39 is 31.3 Å². The van der Waals surface area contributed by atoms with Crippen molar-refractivity contribution in [3.63, 3.8) is 0 Å². The number of aromatic hydroxyl groups is 1. The zero-order chi connectivity index (χ0) is 28.3. The zero-order valence-corrected chi connectivity index (χ0v) is 23.8. The Labute approximate surface area is 227 Å². The number of allylic oxidation sites excluding steroid dienone is 5. The molecule has 0 radical (unpaired) electrons. The van der Waals surface area contributed by atoms with Crippen molar-refractivity contribution in [1.29, 1.82) is 0 Å². The highest BCUT2D eigenvalue weighted by Gasteiger charge is 2.32. The minimum atomic E-state index is -1.41. The van der Waals surface area contributed by atoms with E-state index in [2.05, 4.69) is 38.2 Å². The summed E-state index contributed by atoms with van der Waals surface area (Å²) >= 11 is 0. The fraction of sp³-hybridized carbons (Fsp3) is 0.581. The van der Waals surface area contributed by atoms with Crippen LogP contribution in [0.5, 0.6) is 11.5 Å². The summed E-state index contributed by atoms with van der Waals surface area (Å²) in [5, 5.41) is 40.5. The normalized spacial score (nSPS) is 18.7. The fourth-order valence-electron chi connectivity index (χ4n) is 4.62. The predicted octanol–water partition coefficient (Wildman–Crippen LogP) is 4.80. The quantitative estimate of drug-likeness (QED) is 0.175. The highest BCUT2D eigenvalue weighted by Crippen LogP contribution is 2.39. The third-order valence-electron chi connectivity index (χ3n) is 7.44. The number of fused-ring (bicyclic) bond motifs is 1. The van der Waals surface area contributed by atoms with Crippen molar-refractivity contribution in [2.45, 2.75) is 97.1 Å². The number of hydrogen-bond donors (Lipinski definition) is 5. The molecule has 0 fully saturated rings. The molecular formula is C31H47NO6. The average molecular weight is 530 g/mol. The number of ether oxygens (including phenoxy) is 1. The molecule has 1 aliphatic rings. The van der Waals surface area contributed by atoms with Crippen molar-refractivity contribution >= 4 is 5.91 Å². The largest absolute Gasteiger partial charge is 0.508 e. The molecule has 1 aromatic rings. The Balaban J connectivity index is 1.75. The first kappa shape index (κ1) is 31.6. The number of phenolic OH excluding ortho intramolecular Hbond substituents is 1. The van der Waals surface area contributed by atoms with Gasteiger partial charge in [0, 0.05) is 5.57 Å². The molecular weight excluding hydrogens is 482 g/mol. The van der Waals surface area contributed by atoms with Gasteiger partial charge in [0.2, 0.25) is 5.91 Å². The number of carbonyl (C=O) groups excluding carboxylic acids is 1. The summed E-state index contributed by atoms with van der Waals surface area (Å²) in [6, 6.07) is 3.58. The van der Waals surface area contributed by atoms with Gasteiger partial charge < -0.3 is 30.5 Å². The van der Waals surface area contributed by atoms with E-state index in [1.165, 1.54) is 11.1 Å². The molecule has 0 aromatic heterocycles. The molecule has 2 rings (SSSR count). The van der Waals surface area contributed by atoms with Crippen LogP contribution in [0, 0.1) is 6.92 Å². The number of carbonyl (C=O) groups is 1. The average Bonchev–Trinajstić information content (AvgIpc) is 2.87. The molecule has 1 atom stereocenters. The molecule has 0 aliphatic carbocycles. The van der Waals surface area contributed by atoms with Crippen molar-refractivity contribution < 1.29 is 30.0 Å². The molecule has 0 spiro atoms. The molecule has 5 N–H and O–H groups in total. The lowest BCUT2D eigenvalue weighted by molar-refractivity contribution is -0.121. The van der Waals surface area contributed by atoms with Crippen molar-refractivity contribution in [3.8, 4) is 11.5 Å². The molecule has 7 heteroatoms. The van der Waals surface area contributed by atoms with Gasteiger partial charge >= 0.3 is 0 Å². The molecule has 0 saturated heterocycles. The lowest BCUT2D eigenvalue weighted by Crippen LogP contribution is -2.57. The predicted molar refractivity (Wildman–Crippen MR) is 151 cm³/mol. The van der Waals surface area contributed by atoms with Gasteiger partial charge in [0.05, 0.1) is 19.8 Å². The van der Waals surface area contributed by atoms with E-state index in [-0.39, 0.29) is 5.60 Å². The smallest absolute Gasteiger partial charge is 0.247 e. The summed E-state index contributed by atoms with van der Waals surface area (Å²) in [6.07, 6.45) is 13.7. The Morgan fingerprint density at radius 1 is 1.00 bits per heavy atom. The van der Waals surface area contributed by atoms with Gasteiger partial charge in [0.1, 0.15) is 22.6 Å². The second-order valence-electron chi connectivity index (χ2n) is 11.1. The third-order valence-corrected chi connectivity index (χ3v) is 7.44. The molecule has 1 amide bonds. The molecule has 1 unspecified atom stereocenters. The van der Waals surface area contributed by atoms with Gasteiger partial charge in [0.15, 0.2) is 0 Å². The highest BCUT2D eigenvalue weighted by atomic mass is 16.5. The minimum Gasteiger partial charge on any atom is -0.508 e. The maximum atomic E-state index is 12.3. The summed E-state index contributed by atoms with van der Waals surface area (Å²) < 4.78 is 6.40. The number of benzene rings is 1. The van der Waals surface area contributed by atoms with Crippen LogP contribution in [0.3, 0.4) is 0 Å². The Bertz CT molecular complexity index is 1030. The SMILES string of the molecule is C/C(=C\CC/C(C)=C/CCC1(C)CCc2cc(O)cc(C)c2O1)CC/C=C(\C)C(=O)NC(CO)(CO)CO. The molecule has 0 saturated carbocycles. The summed E-state index contributed by atoms with van der Waals surface area (Å²) in [6.45, 7) is 8.50. The molecule has 7 nitrogen and oxygen atoms in total. The Morgan fingerprint density at radius 2 is 1.58 bits per heavy atom. The van der Waals surface area contributed by atoms with E-state index in [1.54, 1.807) is 13.0 Å².